The fourth-order valence-corrected chi connectivity index (χ4v) is 4.51. The molecule has 6 nitrogen and oxygen atoms in total. The fourth-order valence-electron chi connectivity index (χ4n) is 3.77. The molecule has 2 heterocycles. The largest absolute Gasteiger partial charge is 0.490 e. The predicted molar refractivity (Wildman–Crippen MR) is 137 cm³/mol. The molecule has 0 bridgehead atoms. The van der Waals surface area contributed by atoms with Crippen LogP contribution >= 0.6 is 11.3 Å². The fraction of sp³-hybridized carbons (Fsp3) is 0.148. The van der Waals surface area contributed by atoms with E-state index in [1.807, 2.05) is 47.8 Å². The molecule has 170 valence electrons. The summed E-state index contributed by atoms with van der Waals surface area (Å²) in [5.41, 5.74) is 9.24. The monoisotopic (exact) mass is 468 g/mol. The summed E-state index contributed by atoms with van der Waals surface area (Å²) in [6, 6.07) is 21.4. The highest BCUT2D eigenvalue weighted by molar-refractivity contribution is 7.14. The Morgan fingerprint density at radius 2 is 1.91 bits per heavy atom. The molecule has 0 saturated heterocycles. The second-order valence-corrected chi connectivity index (χ2v) is 9.16. The van der Waals surface area contributed by atoms with E-state index in [-0.39, 0.29) is 12.0 Å². The van der Waals surface area contributed by atoms with Crippen LogP contribution < -0.4 is 15.5 Å². The number of fused-ring (bicyclic) bond motifs is 1. The number of aromatic nitrogens is 1. The normalized spacial score (nSPS) is 14.6. The standard InChI is InChI=1S/C27H24N4O2S/c1-17-3-10-23(11-4-17)29-27-30-24(16-34-27)20-6-8-21(9-7-20)26(32)31-28-15-19-5-12-25-22(14-19)13-18(2)33-25/h3-12,14-16,18H,13H2,1-2H3,(H,29,30)(H,31,32)/b28-15+/t18-/m0/s1. The maximum absolute atomic E-state index is 12.5. The van der Waals surface area contributed by atoms with Crippen LogP contribution in [-0.2, 0) is 6.42 Å². The minimum atomic E-state index is -0.263. The van der Waals surface area contributed by atoms with Gasteiger partial charge in [-0.05, 0) is 67.4 Å². The summed E-state index contributed by atoms with van der Waals surface area (Å²) in [6.45, 7) is 4.11. The number of rotatable bonds is 6. The summed E-state index contributed by atoms with van der Waals surface area (Å²) in [7, 11) is 0. The van der Waals surface area contributed by atoms with Gasteiger partial charge in [-0.1, -0.05) is 29.8 Å². The Morgan fingerprint density at radius 3 is 2.71 bits per heavy atom. The number of nitrogens with one attached hydrogen (secondary N) is 2. The average molecular weight is 469 g/mol. The number of nitrogens with zero attached hydrogens (tertiary/aromatic N) is 2. The van der Waals surface area contributed by atoms with Gasteiger partial charge in [0, 0.05) is 28.6 Å². The molecular formula is C27H24N4O2S. The lowest BCUT2D eigenvalue weighted by molar-refractivity contribution is 0.0955. The molecule has 0 spiro atoms. The van der Waals surface area contributed by atoms with Crippen LogP contribution in [0.5, 0.6) is 5.75 Å². The van der Waals surface area contributed by atoms with Gasteiger partial charge >= 0.3 is 0 Å². The first-order valence-corrected chi connectivity index (χ1v) is 11.9. The van der Waals surface area contributed by atoms with Gasteiger partial charge in [-0.2, -0.15) is 5.10 Å². The van der Waals surface area contributed by atoms with Crippen molar-refractivity contribution in [1.82, 2.24) is 10.4 Å². The Balaban J connectivity index is 1.19. The van der Waals surface area contributed by atoms with Crippen molar-refractivity contribution >= 4 is 34.3 Å². The number of benzene rings is 3. The number of hydrazone groups is 1. The van der Waals surface area contributed by atoms with Crippen molar-refractivity contribution in [2.24, 2.45) is 5.10 Å². The van der Waals surface area contributed by atoms with Gasteiger partial charge in [-0.25, -0.2) is 10.4 Å². The SMILES string of the molecule is Cc1ccc(Nc2nc(-c3ccc(C(=O)N/N=C/c4ccc5c(c4)C[C@H](C)O5)cc3)cs2)cc1. The topological polar surface area (TPSA) is 75.6 Å². The van der Waals surface area contributed by atoms with Crippen LogP contribution in [0.1, 0.15) is 34.0 Å². The second kappa shape index (κ2) is 9.49. The highest BCUT2D eigenvalue weighted by atomic mass is 32.1. The summed E-state index contributed by atoms with van der Waals surface area (Å²) in [5.74, 6) is 0.660. The number of amides is 1. The molecule has 34 heavy (non-hydrogen) atoms. The molecule has 1 aliphatic rings. The number of anilines is 2. The van der Waals surface area contributed by atoms with Gasteiger partial charge in [0.2, 0.25) is 0 Å². The smallest absolute Gasteiger partial charge is 0.271 e. The molecule has 1 atom stereocenters. The van der Waals surface area contributed by atoms with E-state index in [9.17, 15) is 4.79 Å². The highest BCUT2D eigenvalue weighted by Gasteiger charge is 2.18. The van der Waals surface area contributed by atoms with E-state index in [2.05, 4.69) is 46.8 Å². The number of carbonyl (C=O) groups excluding carboxylic acids is 1. The zero-order valence-electron chi connectivity index (χ0n) is 18.9. The van der Waals surface area contributed by atoms with Crippen molar-refractivity contribution in [2.45, 2.75) is 26.4 Å². The molecule has 0 fully saturated rings. The molecule has 2 N–H and O–H groups in total. The summed E-state index contributed by atoms with van der Waals surface area (Å²) in [6.07, 6.45) is 2.73. The van der Waals surface area contributed by atoms with Crippen LogP contribution in [0.3, 0.4) is 0 Å². The number of ether oxygens (including phenoxy) is 1. The first kappa shape index (κ1) is 21.9. The highest BCUT2D eigenvalue weighted by Crippen LogP contribution is 2.29. The Bertz CT molecular complexity index is 1340. The van der Waals surface area contributed by atoms with Crippen molar-refractivity contribution in [3.05, 3.63) is 94.4 Å². The van der Waals surface area contributed by atoms with Crippen LogP contribution in [0.4, 0.5) is 10.8 Å². The number of hydrogen-bond donors (Lipinski definition) is 2. The molecule has 1 aromatic heterocycles. The van der Waals surface area contributed by atoms with Crippen molar-refractivity contribution in [1.29, 1.82) is 0 Å². The van der Waals surface area contributed by atoms with E-state index in [1.165, 1.54) is 5.56 Å². The van der Waals surface area contributed by atoms with E-state index < -0.39 is 0 Å². The Labute approximate surface area is 202 Å². The summed E-state index contributed by atoms with van der Waals surface area (Å²) < 4.78 is 5.71. The molecule has 0 unspecified atom stereocenters. The first-order valence-electron chi connectivity index (χ1n) is 11.1. The number of thiazole rings is 1. The second-order valence-electron chi connectivity index (χ2n) is 8.31. The molecule has 1 aliphatic heterocycles. The molecule has 3 aromatic carbocycles. The summed E-state index contributed by atoms with van der Waals surface area (Å²) in [5, 5.41) is 10.3. The maximum Gasteiger partial charge on any atom is 0.271 e. The van der Waals surface area contributed by atoms with Gasteiger partial charge in [0.05, 0.1) is 11.9 Å². The lowest BCUT2D eigenvalue weighted by Gasteiger charge is -2.03. The summed E-state index contributed by atoms with van der Waals surface area (Å²) in [4.78, 5) is 17.1. The minimum Gasteiger partial charge on any atom is -0.490 e. The van der Waals surface area contributed by atoms with Crippen LogP contribution in [0.15, 0.2) is 77.2 Å². The van der Waals surface area contributed by atoms with Crippen molar-refractivity contribution < 1.29 is 9.53 Å². The third-order valence-electron chi connectivity index (χ3n) is 5.55. The quantitative estimate of drug-likeness (QED) is 0.271. The molecule has 0 radical (unpaired) electrons. The number of aryl methyl sites for hydroxylation is 1. The predicted octanol–water partition coefficient (Wildman–Crippen LogP) is 5.95. The lowest BCUT2D eigenvalue weighted by atomic mass is 10.1. The molecule has 0 aliphatic carbocycles. The zero-order valence-corrected chi connectivity index (χ0v) is 19.7. The van der Waals surface area contributed by atoms with Gasteiger partial charge in [-0.15, -0.1) is 11.3 Å². The molecule has 1 amide bonds. The zero-order chi connectivity index (χ0) is 23.5. The van der Waals surface area contributed by atoms with E-state index in [4.69, 9.17) is 4.74 Å². The van der Waals surface area contributed by atoms with Gasteiger partial charge in [0.1, 0.15) is 11.9 Å². The van der Waals surface area contributed by atoms with Crippen molar-refractivity contribution in [3.63, 3.8) is 0 Å². The van der Waals surface area contributed by atoms with Crippen LogP contribution in [-0.4, -0.2) is 23.2 Å². The Hall–Kier alpha value is -3.97. The third-order valence-corrected chi connectivity index (χ3v) is 6.31. The molecular weight excluding hydrogens is 444 g/mol. The molecule has 7 heteroatoms. The minimum absolute atomic E-state index is 0.199. The molecule has 5 rings (SSSR count). The van der Waals surface area contributed by atoms with E-state index in [0.717, 1.165) is 45.4 Å². The van der Waals surface area contributed by atoms with Crippen molar-refractivity contribution in [2.75, 3.05) is 5.32 Å². The summed E-state index contributed by atoms with van der Waals surface area (Å²) >= 11 is 1.54. The maximum atomic E-state index is 12.5. The Morgan fingerprint density at radius 1 is 1.12 bits per heavy atom. The molecule has 4 aromatic rings. The third kappa shape index (κ3) is 5.00. The van der Waals surface area contributed by atoms with E-state index in [0.29, 0.717) is 5.56 Å². The van der Waals surface area contributed by atoms with Gasteiger partial charge in [-0.3, -0.25) is 4.79 Å². The lowest BCUT2D eigenvalue weighted by Crippen LogP contribution is -2.17. The number of carbonyl (C=O) groups is 1. The van der Waals surface area contributed by atoms with E-state index in [1.54, 1.807) is 29.7 Å². The van der Waals surface area contributed by atoms with Gasteiger partial charge < -0.3 is 10.1 Å². The van der Waals surface area contributed by atoms with E-state index >= 15 is 0 Å². The number of hydrogen-bond acceptors (Lipinski definition) is 6. The molecule has 0 saturated carbocycles. The van der Waals surface area contributed by atoms with Crippen LogP contribution in [0.25, 0.3) is 11.3 Å². The van der Waals surface area contributed by atoms with Crippen LogP contribution in [0, 0.1) is 6.92 Å². The first-order chi connectivity index (χ1) is 16.5. The van der Waals surface area contributed by atoms with Gasteiger partial charge in [0.25, 0.3) is 5.91 Å². The van der Waals surface area contributed by atoms with Crippen molar-refractivity contribution in [3.8, 4) is 17.0 Å². The average Bonchev–Trinajstić information content (AvgIpc) is 3.46. The van der Waals surface area contributed by atoms with Gasteiger partial charge in [0.15, 0.2) is 5.13 Å². The Kier molecular flexibility index (Phi) is 6.10. The van der Waals surface area contributed by atoms with Crippen LogP contribution in [0.2, 0.25) is 0 Å².